The first-order valence-electron chi connectivity index (χ1n) is 7.00. The van der Waals surface area contributed by atoms with Crippen LogP contribution in [0.1, 0.15) is 21.7 Å². The summed E-state index contributed by atoms with van der Waals surface area (Å²) in [5.41, 5.74) is 3.95. The van der Waals surface area contributed by atoms with E-state index in [0.717, 1.165) is 10.6 Å². The van der Waals surface area contributed by atoms with E-state index in [1.54, 1.807) is 24.5 Å². The maximum atomic E-state index is 12.5. The molecule has 1 saturated heterocycles. The van der Waals surface area contributed by atoms with Crippen LogP contribution < -0.4 is 5.43 Å². The third-order valence-corrected chi connectivity index (χ3v) is 5.00. The average molecular weight is 346 g/mol. The molecule has 5 nitrogen and oxygen atoms in total. The third-order valence-electron chi connectivity index (χ3n) is 3.49. The lowest BCUT2D eigenvalue weighted by Gasteiger charge is -2.17. The number of nitrogens with one attached hydrogen (secondary N) is 1. The molecule has 1 fully saturated rings. The summed E-state index contributed by atoms with van der Waals surface area (Å²) in [7, 11) is 0. The molecule has 0 spiro atoms. The summed E-state index contributed by atoms with van der Waals surface area (Å²) in [5.74, 6) is 0.127. The summed E-state index contributed by atoms with van der Waals surface area (Å²) in [6, 6.07) is 10.8. The zero-order valence-corrected chi connectivity index (χ0v) is 13.9. The van der Waals surface area contributed by atoms with Crippen molar-refractivity contribution in [3.8, 4) is 0 Å². The van der Waals surface area contributed by atoms with E-state index in [0.29, 0.717) is 22.1 Å². The molecule has 1 N–H and O–H groups in total. The van der Waals surface area contributed by atoms with Crippen molar-refractivity contribution < 1.29 is 14.0 Å². The first-order chi connectivity index (χ1) is 11.1. The summed E-state index contributed by atoms with van der Waals surface area (Å²) in [5, 5.41) is 0.772. The highest BCUT2D eigenvalue weighted by molar-refractivity contribution is 8.24. The molecular formula is C16H14N2O3S2. The van der Waals surface area contributed by atoms with Gasteiger partial charge in [0.15, 0.2) is 4.32 Å². The molecule has 2 aromatic rings. The average Bonchev–Trinajstić information content (AvgIpc) is 3.12. The number of hydrogen-bond acceptors (Lipinski definition) is 5. The fourth-order valence-electron chi connectivity index (χ4n) is 2.29. The van der Waals surface area contributed by atoms with Crippen LogP contribution >= 0.6 is 24.0 Å². The van der Waals surface area contributed by atoms with Crippen LogP contribution in [0.25, 0.3) is 0 Å². The number of carbonyl (C=O) groups is 2. The normalized spacial score (nSPS) is 17.6. The maximum absolute atomic E-state index is 12.5. The summed E-state index contributed by atoms with van der Waals surface area (Å²) in [6.07, 6.45) is 2.00. The lowest BCUT2D eigenvalue weighted by atomic mass is 10.1. The van der Waals surface area contributed by atoms with Gasteiger partial charge < -0.3 is 4.42 Å². The third kappa shape index (κ3) is 3.30. The van der Waals surface area contributed by atoms with E-state index in [-0.39, 0.29) is 17.1 Å². The van der Waals surface area contributed by atoms with E-state index >= 15 is 0 Å². The molecule has 1 aliphatic heterocycles. The molecule has 118 valence electrons. The van der Waals surface area contributed by atoms with Crippen molar-refractivity contribution in [3.05, 3.63) is 59.5 Å². The van der Waals surface area contributed by atoms with Crippen LogP contribution in [0.3, 0.4) is 0 Å². The highest BCUT2D eigenvalue weighted by atomic mass is 32.2. The molecule has 23 heavy (non-hydrogen) atoms. The topological polar surface area (TPSA) is 62.6 Å². The van der Waals surface area contributed by atoms with Gasteiger partial charge in [-0.05, 0) is 30.7 Å². The Morgan fingerprint density at radius 2 is 2.13 bits per heavy atom. The largest absolute Gasteiger partial charge is 0.469 e. The monoisotopic (exact) mass is 346 g/mol. The van der Waals surface area contributed by atoms with Gasteiger partial charge in [-0.25, -0.2) is 5.01 Å². The molecule has 2 amide bonds. The van der Waals surface area contributed by atoms with Crippen molar-refractivity contribution in [1.82, 2.24) is 10.4 Å². The SMILES string of the molecule is Cc1ccccc1C(=O)NN1C(=O)C(Cc2ccco2)SC1=S. The van der Waals surface area contributed by atoms with Gasteiger partial charge >= 0.3 is 0 Å². The number of rotatable bonds is 4. The van der Waals surface area contributed by atoms with Crippen LogP contribution in [-0.4, -0.2) is 26.4 Å². The van der Waals surface area contributed by atoms with Gasteiger partial charge in [0.25, 0.3) is 11.8 Å². The Bertz CT molecular complexity index is 758. The van der Waals surface area contributed by atoms with Gasteiger partial charge in [0, 0.05) is 12.0 Å². The molecule has 1 atom stereocenters. The Labute approximate surface area is 143 Å². The Morgan fingerprint density at radius 1 is 1.35 bits per heavy atom. The zero-order valence-electron chi connectivity index (χ0n) is 12.3. The fourth-order valence-corrected chi connectivity index (χ4v) is 3.71. The Kier molecular flexibility index (Phi) is 4.49. The molecule has 0 radical (unpaired) electrons. The van der Waals surface area contributed by atoms with Gasteiger partial charge in [0.1, 0.15) is 5.76 Å². The van der Waals surface area contributed by atoms with Crippen molar-refractivity contribution in [2.45, 2.75) is 18.6 Å². The summed E-state index contributed by atoms with van der Waals surface area (Å²) >= 11 is 6.47. The summed E-state index contributed by atoms with van der Waals surface area (Å²) < 4.78 is 5.61. The predicted octanol–water partition coefficient (Wildman–Crippen LogP) is 2.70. The van der Waals surface area contributed by atoms with Crippen molar-refractivity contribution in [3.63, 3.8) is 0 Å². The molecule has 0 saturated carbocycles. The van der Waals surface area contributed by atoms with E-state index in [1.807, 2.05) is 25.1 Å². The lowest BCUT2D eigenvalue weighted by Crippen LogP contribution is -2.46. The van der Waals surface area contributed by atoms with Gasteiger partial charge in [-0.2, -0.15) is 0 Å². The number of thioether (sulfide) groups is 1. The van der Waals surface area contributed by atoms with Gasteiger partial charge in [-0.15, -0.1) is 0 Å². The highest BCUT2D eigenvalue weighted by Crippen LogP contribution is 2.29. The van der Waals surface area contributed by atoms with E-state index in [2.05, 4.69) is 5.43 Å². The van der Waals surface area contributed by atoms with E-state index in [9.17, 15) is 9.59 Å². The molecule has 7 heteroatoms. The lowest BCUT2D eigenvalue weighted by molar-refractivity contribution is -0.127. The molecular weight excluding hydrogens is 332 g/mol. The van der Waals surface area contributed by atoms with Crippen LogP contribution in [0, 0.1) is 6.92 Å². The van der Waals surface area contributed by atoms with Crippen LogP contribution in [0.5, 0.6) is 0 Å². The number of amides is 2. The number of carbonyl (C=O) groups excluding carboxylic acids is 2. The second kappa shape index (κ2) is 6.55. The number of hydrazine groups is 1. The van der Waals surface area contributed by atoms with Crippen LogP contribution in [-0.2, 0) is 11.2 Å². The molecule has 1 aliphatic rings. The number of nitrogens with zero attached hydrogens (tertiary/aromatic N) is 1. The first kappa shape index (κ1) is 15.8. The standard InChI is InChI=1S/C16H14N2O3S2/c1-10-5-2-3-7-12(10)14(19)17-18-15(20)13(23-16(18)22)9-11-6-4-8-21-11/h2-8,13H,9H2,1H3,(H,17,19). The second-order valence-corrected chi connectivity index (χ2v) is 6.92. The quantitative estimate of drug-likeness (QED) is 0.863. The molecule has 1 aromatic carbocycles. The molecule has 0 aliphatic carbocycles. The smallest absolute Gasteiger partial charge is 0.270 e. The number of thiocarbonyl (C=S) groups is 1. The van der Waals surface area contributed by atoms with Gasteiger partial charge in [0.2, 0.25) is 0 Å². The molecule has 0 bridgehead atoms. The van der Waals surface area contributed by atoms with Gasteiger partial charge in [-0.3, -0.25) is 15.0 Å². The number of aryl methyl sites for hydroxylation is 1. The minimum atomic E-state index is -0.383. The molecule has 1 aromatic heterocycles. The predicted molar refractivity (Wildman–Crippen MR) is 91.9 cm³/mol. The Hall–Kier alpha value is -2.12. The summed E-state index contributed by atoms with van der Waals surface area (Å²) in [6.45, 7) is 1.84. The van der Waals surface area contributed by atoms with Crippen LogP contribution in [0.4, 0.5) is 0 Å². The maximum Gasteiger partial charge on any atom is 0.270 e. The number of furan rings is 1. The molecule has 2 heterocycles. The summed E-state index contributed by atoms with van der Waals surface area (Å²) in [4.78, 5) is 24.8. The van der Waals surface area contributed by atoms with E-state index < -0.39 is 0 Å². The minimum Gasteiger partial charge on any atom is -0.469 e. The molecule has 3 rings (SSSR count). The van der Waals surface area contributed by atoms with E-state index in [4.69, 9.17) is 16.6 Å². The highest BCUT2D eigenvalue weighted by Gasteiger charge is 2.38. The van der Waals surface area contributed by atoms with E-state index in [1.165, 1.54) is 11.8 Å². The fraction of sp³-hybridized carbons (Fsp3) is 0.188. The van der Waals surface area contributed by atoms with Crippen molar-refractivity contribution in [2.75, 3.05) is 0 Å². The first-order valence-corrected chi connectivity index (χ1v) is 8.28. The van der Waals surface area contributed by atoms with Crippen LogP contribution in [0.15, 0.2) is 47.1 Å². The Morgan fingerprint density at radius 3 is 2.83 bits per heavy atom. The number of benzene rings is 1. The van der Waals surface area contributed by atoms with Crippen molar-refractivity contribution in [1.29, 1.82) is 0 Å². The molecule has 1 unspecified atom stereocenters. The second-order valence-electron chi connectivity index (χ2n) is 5.09. The van der Waals surface area contributed by atoms with Crippen molar-refractivity contribution in [2.24, 2.45) is 0 Å². The van der Waals surface area contributed by atoms with Gasteiger partial charge in [-0.1, -0.05) is 42.2 Å². The zero-order chi connectivity index (χ0) is 16.4. The Balaban J connectivity index is 1.71. The minimum absolute atomic E-state index is 0.238. The van der Waals surface area contributed by atoms with Crippen molar-refractivity contribution >= 4 is 40.1 Å². The van der Waals surface area contributed by atoms with Crippen LogP contribution in [0.2, 0.25) is 0 Å². The van der Waals surface area contributed by atoms with Gasteiger partial charge in [0.05, 0.1) is 11.5 Å². The number of hydrogen-bond donors (Lipinski definition) is 1.